The summed E-state index contributed by atoms with van der Waals surface area (Å²) in [5.74, 6) is -0.605. The van der Waals surface area contributed by atoms with Crippen LogP contribution in [0.4, 0.5) is 0 Å². The summed E-state index contributed by atoms with van der Waals surface area (Å²) in [4.78, 5) is 11.4. The van der Waals surface area contributed by atoms with Crippen LogP contribution in [0.3, 0.4) is 0 Å². The normalized spacial score (nSPS) is 11.2. The maximum Gasteiger partial charge on any atom is 0.352 e. The molecule has 0 N–H and O–H groups in total. The number of hydrogen-bond acceptors (Lipinski definition) is 4. The van der Waals surface area contributed by atoms with Crippen molar-refractivity contribution in [1.82, 2.24) is 0 Å². The number of ether oxygens (including phenoxy) is 2. The van der Waals surface area contributed by atoms with E-state index in [0.717, 1.165) is 0 Å². The molecule has 5 heteroatoms. The van der Waals surface area contributed by atoms with E-state index in [1.165, 1.54) is 14.2 Å². The van der Waals surface area contributed by atoms with Crippen LogP contribution in [-0.4, -0.2) is 20.2 Å². The molecule has 0 bridgehead atoms. The Morgan fingerprint density at radius 3 is 2.53 bits per heavy atom. The summed E-state index contributed by atoms with van der Waals surface area (Å²) in [5, 5.41) is 9.42. The Kier molecular flexibility index (Phi) is 4.56. The third-order valence-electron chi connectivity index (χ3n) is 2.02. The third-order valence-corrected chi connectivity index (χ3v) is 2.25. The largest absolute Gasteiger partial charge is 0.494 e. The van der Waals surface area contributed by atoms with Gasteiger partial charge in [-0.05, 0) is 12.1 Å². The van der Waals surface area contributed by atoms with Crippen LogP contribution in [0.2, 0.25) is 5.02 Å². The van der Waals surface area contributed by atoms with E-state index in [9.17, 15) is 4.79 Å². The van der Waals surface area contributed by atoms with E-state index in [2.05, 4.69) is 4.74 Å². The lowest BCUT2D eigenvalue weighted by Crippen LogP contribution is -2.07. The summed E-state index contributed by atoms with van der Waals surface area (Å²) in [6, 6.07) is 8.42. The maximum absolute atomic E-state index is 11.4. The second kappa shape index (κ2) is 5.92. The van der Waals surface area contributed by atoms with E-state index in [-0.39, 0.29) is 11.3 Å². The molecule has 0 heterocycles. The molecule has 4 nitrogen and oxygen atoms in total. The van der Waals surface area contributed by atoms with Gasteiger partial charge in [0.05, 0.1) is 14.2 Å². The van der Waals surface area contributed by atoms with Crippen molar-refractivity contribution in [2.24, 2.45) is 0 Å². The van der Waals surface area contributed by atoms with Gasteiger partial charge in [-0.15, -0.1) is 0 Å². The quantitative estimate of drug-likeness (QED) is 0.358. The first-order valence-corrected chi connectivity index (χ1v) is 5.04. The average molecular weight is 252 g/mol. The number of methoxy groups -OCH3 is 2. The fourth-order valence-corrected chi connectivity index (χ4v) is 1.48. The van der Waals surface area contributed by atoms with Crippen molar-refractivity contribution in [3.63, 3.8) is 0 Å². The molecule has 0 unspecified atom stereocenters. The van der Waals surface area contributed by atoms with E-state index < -0.39 is 5.97 Å². The highest BCUT2D eigenvalue weighted by atomic mass is 35.5. The van der Waals surface area contributed by atoms with Gasteiger partial charge in [-0.2, -0.15) is 5.26 Å². The fourth-order valence-electron chi connectivity index (χ4n) is 1.29. The monoisotopic (exact) mass is 251 g/mol. The third kappa shape index (κ3) is 2.99. The van der Waals surface area contributed by atoms with Gasteiger partial charge in [0.25, 0.3) is 0 Å². The lowest BCUT2D eigenvalue weighted by molar-refractivity contribution is -0.135. The van der Waals surface area contributed by atoms with Crippen molar-refractivity contribution in [3.05, 3.63) is 40.4 Å². The van der Waals surface area contributed by atoms with Crippen LogP contribution in [-0.2, 0) is 14.3 Å². The van der Waals surface area contributed by atoms with Crippen LogP contribution in [0.25, 0.3) is 5.76 Å². The molecule has 0 aliphatic heterocycles. The van der Waals surface area contributed by atoms with E-state index in [0.29, 0.717) is 10.6 Å². The second-order valence-electron chi connectivity index (χ2n) is 3.02. The van der Waals surface area contributed by atoms with Crippen molar-refractivity contribution in [3.8, 4) is 6.07 Å². The lowest BCUT2D eigenvalue weighted by Gasteiger charge is -2.08. The Labute approximate surface area is 104 Å². The standard InChI is InChI=1S/C12H10ClNO3/c1-16-11(10(7-14)12(15)17-2)8-4-3-5-9(13)6-8/h3-6H,1-2H3/b11-10-. The number of hydrogen-bond donors (Lipinski definition) is 0. The molecule has 0 radical (unpaired) electrons. The van der Waals surface area contributed by atoms with E-state index >= 15 is 0 Å². The summed E-state index contributed by atoms with van der Waals surface area (Å²) >= 11 is 5.83. The Bertz CT molecular complexity index is 503. The number of carbonyl (C=O) groups excluding carboxylic acids is 1. The zero-order chi connectivity index (χ0) is 12.8. The molecular formula is C12H10ClNO3. The Balaban J connectivity index is 3.36. The first-order valence-electron chi connectivity index (χ1n) is 4.66. The number of rotatable bonds is 3. The highest BCUT2D eigenvalue weighted by Gasteiger charge is 2.18. The summed E-state index contributed by atoms with van der Waals surface area (Å²) in [6.07, 6.45) is 0. The molecule has 0 aliphatic carbocycles. The van der Waals surface area contributed by atoms with Gasteiger partial charge in [-0.3, -0.25) is 0 Å². The van der Waals surface area contributed by atoms with Gasteiger partial charge in [0.1, 0.15) is 6.07 Å². The molecule has 0 aliphatic rings. The first kappa shape index (κ1) is 13.1. The van der Waals surface area contributed by atoms with Gasteiger partial charge in [0, 0.05) is 10.6 Å². The summed E-state index contributed by atoms with van der Waals surface area (Å²) < 4.78 is 9.57. The predicted molar refractivity (Wildman–Crippen MR) is 63.0 cm³/mol. The van der Waals surface area contributed by atoms with Gasteiger partial charge in [-0.1, -0.05) is 23.7 Å². The van der Waals surface area contributed by atoms with Gasteiger partial charge < -0.3 is 9.47 Å². The maximum atomic E-state index is 11.4. The average Bonchev–Trinajstić information content (AvgIpc) is 2.34. The lowest BCUT2D eigenvalue weighted by atomic mass is 10.1. The molecule has 0 aromatic heterocycles. The summed E-state index contributed by atoms with van der Waals surface area (Å²) in [6.45, 7) is 0. The van der Waals surface area contributed by atoms with Gasteiger partial charge in [0.2, 0.25) is 0 Å². The number of carbonyl (C=O) groups is 1. The molecular weight excluding hydrogens is 242 g/mol. The number of nitrogens with zero attached hydrogens (tertiary/aromatic N) is 1. The number of nitriles is 1. The molecule has 1 aromatic carbocycles. The van der Waals surface area contributed by atoms with Crippen LogP contribution in [0.15, 0.2) is 29.8 Å². The molecule has 0 spiro atoms. The smallest absolute Gasteiger partial charge is 0.352 e. The molecule has 0 atom stereocenters. The van der Waals surface area contributed by atoms with E-state index in [1.54, 1.807) is 30.3 Å². The zero-order valence-corrected chi connectivity index (χ0v) is 10.1. The Morgan fingerprint density at radius 2 is 2.06 bits per heavy atom. The Morgan fingerprint density at radius 1 is 1.35 bits per heavy atom. The van der Waals surface area contributed by atoms with Crippen LogP contribution in [0, 0.1) is 11.3 Å². The molecule has 0 amide bonds. The highest BCUT2D eigenvalue weighted by Crippen LogP contribution is 2.22. The minimum atomic E-state index is -0.746. The number of benzene rings is 1. The summed E-state index contributed by atoms with van der Waals surface area (Å²) in [7, 11) is 2.57. The highest BCUT2D eigenvalue weighted by molar-refractivity contribution is 6.30. The van der Waals surface area contributed by atoms with Crippen molar-refractivity contribution in [2.45, 2.75) is 0 Å². The molecule has 1 aromatic rings. The number of halogens is 1. The first-order chi connectivity index (χ1) is 8.13. The van der Waals surface area contributed by atoms with Gasteiger partial charge in [-0.25, -0.2) is 4.79 Å². The van der Waals surface area contributed by atoms with Crippen molar-refractivity contribution >= 4 is 23.3 Å². The molecule has 88 valence electrons. The Hall–Kier alpha value is -1.99. The van der Waals surface area contributed by atoms with E-state index in [1.807, 2.05) is 0 Å². The molecule has 17 heavy (non-hydrogen) atoms. The van der Waals surface area contributed by atoms with Gasteiger partial charge in [0.15, 0.2) is 11.3 Å². The minimum Gasteiger partial charge on any atom is -0.494 e. The van der Waals surface area contributed by atoms with Crippen LogP contribution < -0.4 is 0 Å². The number of esters is 1. The van der Waals surface area contributed by atoms with Gasteiger partial charge >= 0.3 is 5.97 Å². The topological polar surface area (TPSA) is 59.3 Å². The van der Waals surface area contributed by atoms with Crippen LogP contribution in [0.5, 0.6) is 0 Å². The molecule has 1 rings (SSSR count). The van der Waals surface area contributed by atoms with Crippen LogP contribution >= 0.6 is 11.6 Å². The van der Waals surface area contributed by atoms with Crippen LogP contribution in [0.1, 0.15) is 5.56 Å². The molecule has 0 fully saturated rings. The molecule has 0 saturated heterocycles. The van der Waals surface area contributed by atoms with Crippen molar-refractivity contribution in [2.75, 3.05) is 14.2 Å². The molecule has 0 saturated carbocycles. The fraction of sp³-hybridized carbons (Fsp3) is 0.167. The van der Waals surface area contributed by atoms with E-state index in [4.69, 9.17) is 21.6 Å². The second-order valence-corrected chi connectivity index (χ2v) is 3.46. The van der Waals surface area contributed by atoms with Crippen molar-refractivity contribution in [1.29, 1.82) is 5.26 Å². The minimum absolute atomic E-state index is 0.141. The zero-order valence-electron chi connectivity index (χ0n) is 9.36. The SMILES string of the molecule is COC(=O)/C(C#N)=C(\OC)c1cccc(Cl)c1. The predicted octanol–water partition coefficient (Wildman–Crippen LogP) is 2.39. The summed E-state index contributed by atoms with van der Waals surface area (Å²) in [5.41, 5.74) is 0.346. The van der Waals surface area contributed by atoms with Crippen molar-refractivity contribution < 1.29 is 14.3 Å².